The van der Waals surface area contributed by atoms with Crippen LogP contribution >= 0.6 is 0 Å². The molecule has 0 aromatic heterocycles. The van der Waals surface area contributed by atoms with E-state index in [0.717, 1.165) is 12.8 Å². The number of methoxy groups -OCH3 is 1. The van der Waals surface area contributed by atoms with Crippen molar-refractivity contribution in [2.45, 2.75) is 59.3 Å². The predicted octanol–water partition coefficient (Wildman–Crippen LogP) is 4.20. The van der Waals surface area contributed by atoms with Crippen molar-refractivity contribution in [1.82, 2.24) is 0 Å². The number of rotatable bonds is 11. The molecule has 0 aliphatic carbocycles. The Morgan fingerprint density at radius 2 is 1.53 bits per heavy atom. The number of hydrogen-bond donors (Lipinski definition) is 2. The summed E-state index contributed by atoms with van der Waals surface area (Å²) < 4.78 is 13.5. The first-order chi connectivity index (χ1) is 14.0. The summed E-state index contributed by atoms with van der Waals surface area (Å²) in [5, 5.41) is 17.3. The maximum Gasteiger partial charge on any atom is 0.508 e. The van der Waals surface area contributed by atoms with Crippen LogP contribution in [0.25, 0.3) is 0 Å². The van der Waals surface area contributed by atoms with E-state index < -0.39 is 17.5 Å². The smallest absolute Gasteiger partial charge is 0.481 e. The molecule has 7 nitrogen and oxygen atoms in total. The van der Waals surface area contributed by atoms with Gasteiger partial charge in [-0.2, -0.15) is 0 Å². The molecule has 0 aliphatic heterocycles. The van der Waals surface area contributed by atoms with E-state index in [0.29, 0.717) is 13.0 Å². The highest BCUT2D eigenvalue weighted by Gasteiger charge is 2.26. The molecule has 0 amide bonds. The summed E-state index contributed by atoms with van der Waals surface area (Å²) in [6.45, 7) is 10.5. The highest BCUT2D eigenvalue weighted by molar-refractivity contribution is 5.73. The van der Waals surface area contributed by atoms with Gasteiger partial charge in [0, 0.05) is 7.11 Å². The first kappa shape index (κ1) is 27.9. The third-order valence-corrected chi connectivity index (χ3v) is 5.06. The molecule has 0 heterocycles. The van der Waals surface area contributed by atoms with Crippen LogP contribution < -0.4 is 0 Å². The Morgan fingerprint density at radius 3 is 2.00 bits per heavy atom. The molecular weight excluding hydrogens is 388 g/mol. The molecule has 0 saturated carbocycles. The zero-order valence-corrected chi connectivity index (χ0v) is 19.2. The average Bonchev–Trinajstić information content (AvgIpc) is 2.71. The SMILES string of the molecule is CCC(C)(C)c1ccc(CCC(C)(C)C(=O)O)cc1.COCCOC(=O)OCCO. The number of benzene rings is 1. The van der Waals surface area contributed by atoms with Gasteiger partial charge in [0.05, 0.1) is 18.6 Å². The fourth-order valence-corrected chi connectivity index (χ4v) is 2.27. The van der Waals surface area contributed by atoms with E-state index in [1.54, 1.807) is 13.8 Å². The quantitative estimate of drug-likeness (QED) is 0.404. The van der Waals surface area contributed by atoms with Crippen LogP contribution in [0.4, 0.5) is 4.79 Å². The van der Waals surface area contributed by atoms with Gasteiger partial charge < -0.3 is 24.4 Å². The average molecular weight is 427 g/mol. The molecule has 2 N–H and O–H groups in total. The van der Waals surface area contributed by atoms with Crippen LogP contribution in [0.5, 0.6) is 0 Å². The standard InChI is InChI=1S/C17H26O2.C6H12O5/c1-6-16(2,3)14-9-7-13(8-10-14)11-12-17(4,5)15(18)19;1-9-4-5-11-6(8)10-3-2-7/h7-10H,6,11-12H2,1-5H3,(H,18,19);7H,2-5H2,1H3. The number of carboxylic acid groups (broad SMARTS) is 1. The molecule has 0 fully saturated rings. The third kappa shape index (κ3) is 11.2. The molecule has 30 heavy (non-hydrogen) atoms. The van der Waals surface area contributed by atoms with Crippen LogP contribution in [-0.4, -0.2) is 55.9 Å². The van der Waals surface area contributed by atoms with Crippen molar-refractivity contribution in [2.75, 3.05) is 33.5 Å². The molecule has 0 aliphatic rings. The molecule has 0 spiro atoms. The van der Waals surface area contributed by atoms with Gasteiger partial charge in [0.15, 0.2) is 0 Å². The van der Waals surface area contributed by atoms with E-state index in [-0.39, 0.29) is 25.2 Å². The summed E-state index contributed by atoms with van der Waals surface area (Å²) in [7, 11) is 1.50. The number of ether oxygens (including phenoxy) is 3. The lowest BCUT2D eigenvalue weighted by Crippen LogP contribution is -2.24. The topological polar surface area (TPSA) is 102 Å². The van der Waals surface area contributed by atoms with Gasteiger partial charge in [0.1, 0.15) is 13.2 Å². The van der Waals surface area contributed by atoms with Crippen molar-refractivity contribution in [3.63, 3.8) is 0 Å². The minimum Gasteiger partial charge on any atom is -0.481 e. The number of carbonyl (C=O) groups is 2. The lowest BCUT2D eigenvalue weighted by Gasteiger charge is -2.24. The maximum atomic E-state index is 11.1. The van der Waals surface area contributed by atoms with Crippen LogP contribution in [0.1, 0.15) is 58.6 Å². The van der Waals surface area contributed by atoms with Crippen LogP contribution in [-0.2, 0) is 30.8 Å². The first-order valence-electron chi connectivity index (χ1n) is 10.2. The van der Waals surface area contributed by atoms with Crippen molar-refractivity contribution in [3.8, 4) is 0 Å². The zero-order chi connectivity index (χ0) is 23.2. The monoisotopic (exact) mass is 426 g/mol. The van der Waals surface area contributed by atoms with Crippen LogP contribution in [0.2, 0.25) is 0 Å². The molecule has 1 rings (SSSR count). The molecule has 0 saturated heterocycles. The lowest BCUT2D eigenvalue weighted by molar-refractivity contribution is -0.147. The number of hydrogen-bond acceptors (Lipinski definition) is 6. The molecule has 1 aromatic rings. The largest absolute Gasteiger partial charge is 0.508 e. The van der Waals surface area contributed by atoms with Gasteiger partial charge in [0.2, 0.25) is 0 Å². The second-order valence-corrected chi connectivity index (χ2v) is 8.29. The summed E-state index contributed by atoms with van der Waals surface area (Å²) in [6, 6.07) is 8.61. The van der Waals surface area contributed by atoms with E-state index in [2.05, 4.69) is 59.2 Å². The van der Waals surface area contributed by atoms with Crippen molar-refractivity contribution in [3.05, 3.63) is 35.4 Å². The van der Waals surface area contributed by atoms with Gasteiger partial charge in [-0.25, -0.2) is 4.79 Å². The van der Waals surface area contributed by atoms with Crippen molar-refractivity contribution in [1.29, 1.82) is 0 Å². The normalized spacial score (nSPS) is 11.3. The van der Waals surface area contributed by atoms with E-state index in [4.69, 9.17) is 10.2 Å². The molecule has 0 radical (unpaired) electrons. The minimum absolute atomic E-state index is 0.0359. The Morgan fingerprint density at radius 1 is 0.967 bits per heavy atom. The highest BCUT2D eigenvalue weighted by atomic mass is 16.7. The van der Waals surface area contributed by atoms with Gasteiger partial charge in [-0.05, 0) is 49.7 Å². The number of carboxylic acids is 1. The molecule has 7 heteroatoms. The Hall–Kier alpha value is -2.12. The summed E-state index contributed by atoms with van der Waals surface area (Å²) >= 11 is 0. The minimum atomic E-state index is -0.781. The summed E-state index contributed by atoms with van der Waals surface area (Å²) in [6.07, 6.45) is 1.81. The molecule has 0 bridgehead atoms. The number of aliphatic hydroxyl groups excluding tert-OH is 1. The second kappa shape index (κ2) is 14.0. The molecule has 0 atom stereocenters. The number of carbonyl (C=O) groups excluding carboxylic acids is 1. The zero-order valence-electron chi connectivity index (χ0n) is 19.2. The van der Waals surface area contributed by atoms with Gasteiger partial charge in [-0.15, -0.1) is 0 Å². The molecule has 172 valence electrons. The lowest BCUT2D eigenvalue weighted by atomic mass is 9.81. The Bertz CT molecular complexity index is 621. The van der Waals surface area contributed by atoms with Crippen molar-refractivity contribution >= 4 is 12.1 Å². The van der Waals surface area contributed by atoms with Crippen LogP contribution in [0, 0.1) is 5.41 Å². The van der Waals surface area contributed by atoms with Gasteiger partial charge in [0.25, 0.3) is 0 Å². The molecular formula is C23H38O7. The summed E-state index contributed by atoms with van der Waals surface area (Å²) in [5.74, 6) is -0.726. The Labute approximate surface area is 180 Å². The van der Waals surface area contributed by atoms with E-state index in [1.807, 2.05) is 0 Å². The van der Waals surface area contributed by atoms with Crippen molar-refractivity contribution < 1.29 is 34.0 Å². The number of aryl methyl sites for hydroxylation is 1. The van der Waals surface area contributed by atoms with Crippen LogP contribution in [0.3, 0.4) is 0 Å². The predicted molar refractivity (Wildman–Crippen MR) is 116 cm³/mol. The maximum absolute atomic E-state index is 11.1. The summed E-state index contributed by atoms with van der Waals surface area (Å²) in [4.78, 5) is 21.5. The molecule has 1 aromatic carbocycles. The summed E-state index contributed by atoms with van der Waals surface area (Å²) in [5.41, 5.74) is 2.11. The van der Waals surface area contributed by atoms with E-state index in [9.17, 15) is 9.59 Å². The third-order valence-electron chi connectivity index (χ3n) is 5.06. The second-order valence-electron chi connectivity index (χ2n) is 8.29. The fourth-order valence-electron chi connectivity index (χ4n) is 2.27. The van der Waals surface area contributed by atoms with Gasteiger partial charge in [-0.3, -0.25) is 4.79 Å². The van der Waals surface area contributed by atoms with Crippen LogP contribution in [0.15, 0.2) is 24.3 Å². The van der Waals surface area contributed by atoms with E-state index in [1.165, 1.54) is 18.2 Å². The number of aliphatic carboxylic acids is 1. The molecule has 0 unspecified atom stereocenters. The Kier molecular flexibility index (Phi) is 13.0. The van der Waals surface area contributed by atoms with Crippen molar-refractivity contribution in [2.24, 2.45) is 5.41 Å². The van der Waals surface area contributed by atoms with Gasteiger partial charge in [-0.1, -0.05) is 45.0 Å². The highest BCUT2D eigenvalue weighted by Crippen LogP contribution is 2.28. The Balaban J connectivity index is 0.000000654. The van der Waals surface area contributed by atoms with E-state index >= 15 is 0 Å². The fraction of sp³-hybridized carbons (Fsp3) is 0.652. The first-order valence-corrected chi connectivity index (χ1v) is 10.2. The van der Waals surface area contributed by atoms with Gasteiger partial charge >= 0.3 is 12.1 Å². The number of aliphatic hydroxyl groups is 1.